The van der Waals surface area contributed by atoms with Crippen molar-refractivity contribution in [3.63, 3.8) is 0 Å². The van der Waals surface area contributed by atoms with Crippen LogP contribution in [0.1, 0.15) is 72.8 Å². The van der Waals surface area contributed by atoms with E-state index in [-0.39, 0.29) is 22.9 Å². The van der Waals surface area contributed by atoms with Crippen LogP contribution in [0.5, 0.6) is 0 Å². The zero-order valence-electron chi connectivity index (χ0n) is 15.6. The first-order valence-corrected chi connectivity index (χ1v) is 10.5. The third-order valence-corrected chi connectivity index (χ3v) is 6.61. The molecule has 0 radical (unpaired) electrons. The fraction of sp³-hybridized carbons (Fsp3) is 0.600. The zero-order chi connectivity index (χ0) is 19.6. The first kappa shape index (κ1) is 20.0. The maximum atomic E-state index is 12.7. The van der Waals surface area contributed by atoms with Crippen molar-refractivity contribution < 1.29 is 24.9 Å². The molecule has 148 valence electrons. The summed E-state index contributed by atoms with van der Waals surface area (Å²) in [6.07, 6.45) is 6.21. The van der Waals surface area contributed by atoms with E-state index in [9.17, 15) is 24.9 Å². The number of allylic oxidation sites excluding steroid dienone is 1. The summed E-state index contributed by atoms with van der Waals surface area (Å²) in [5.41, 5.74) is 1.41. The number of carbonyl (C=O) groups excluding carboxylic acids is 1. The number of rotatable bonds is 5. The van der Waals surface area contributed by atoms with Crippen molar-refractivity contribution in [2.24, 2.45) is 0 Å². The Labute approximate surface area is 163 Å². The van der Waals surface area contributed by atoms with Crippen LogP contribution in [0.3, 0.4) is 0 Å². The van der Waals surface area contributed by atoms with Gasteiger partial charge in [0.1, 0.15) is 4.88 Å². The smallest absolute Gasteiger partial charge is 0.348 e. The number of aliphatic hydroxyl groups excluding tert-OH is 2. The molecule has 1 saturated carbocycles. The van der Waals surface area contributed by atoms with Crippen molar-refractivity contribution in [2.45, 2.75) is 76.5 Å². The second-order valence-corrected chi connectivity index (χ2v) is 8.41. The number of hydrogen-bond donors (Lipinski definition) is 3. The number of anilines is 1. The number of carboxylic acids is 1. The molecule has 0 bridgehead atoms. The number of aliphatic hydroxyl groups is 2. The van der Waals surface area contributed by atoms with Crippen LogP contribution in [0, 0.1) is 0 Å². The van der Waals surface area contributed by atoms with Crippen molar-refractivity contribution in [3.05, 3.63) is 21.9 Å². The van der Waals surface area contributed by atoms with Crippen LogP contribution in [-0.4, -0.2) is 45.4 Å². The standard InChI is InChI=1S/C20H27NO5S/c1-2-18(24)21(13-6-8-14(22)9-7-13)16-11-17(27-19(16)20(25)26)12-4-3-5-15(23)10-12/h10-11,13-15,22-23H,2-9H2,1H3,(H,25,26). The van der Waals surface area contributed by atoms with Gasteiger partial charge in [0.2, 0.25) is 5.91 Å². The number of nitrogens with zero attached hydrogens (tertiary/aromatic N) is 1. The lowest BCUT2D eigenvalue weighted by Crippen LogP contribution is -2.43. The van der Waals surface area contributed by atoms with Crippen LogP contribution >= 0.6 is 11.3 Å². The third-order valence-electron chi connectivity index (χ3n) is 5.42. The van der Waals surface area contributed by atoms with Gasteiger partial charge in [-0.15, -0.1) is 11.3 Å². The second kappa shape index (κ2) is 8.54. The maximum absolute atomic E-state index is 12.7. The highest BCUT2D eigenvalue weighted by Gasteiger charge is 2.33. The van der Waals surface area contributed by atoms with E-state index in [0.717, 1.165) is 29.7 Å². The Morgan fingerprint density at radius 2 is 1.89 bits per heavy atom. The van der Waals surface area contributed by atoms with Crippen molar-refractivity contribution in [1.29, 1.82) is 0 Å². The summed E-state index contributed by atoms with van der Waals surface area (Å²) >= 11 is 1.17. The molecule has 1 aromatic rings. The molecule has 2 aliphatic carbocycles. The van der Waals surface area contributed by atoms with Gasteiger partial charge in [-0.2, -0.15) is 0 Å². The molecule has 1 amide bonds. The minimum Gasteiger partial charge on any atom is -0.477 e. The number of amides is 1. The van der Waals surface area contributed by atoms with Gasteiger partial charge in [0, 0.05) is 17.3 Å². The Morgan fingerprint density at radius 3 is 2.48 bits per heavy atom. The van der Waals surface area contributed by atoms with Crippen molar-refractivity contribution >= 4 is 34.5 Å². The topological polar surface area (TPSA) is 98.1 Å². The van der Waals surface area contributed by atoms with Gasteiger partial charge in [0.25, 0.3) is 0 Å². The number of aromatic carboxylic acids is 1. The molecule has 1 fully saturated rings. The average molecular weight is 394 g/mol. The van der Waals surface area contributed by atoms with E-state index < -0.39 is 12.1 Å². The quantitative estimate of drug-likeness (QED) is 0.712. The largest absolute Gasteiger partial charge is 0.477 e. The number of carbonyl (C=O) groups is 2. The van der Waals surface area contributed by atoms with Crippen LogP contribution < -0.4 is 4.90 Å². The highest BCUT2D eigenvalue weighted by atomic mass is 32.1. The van der Waals surface area contributed by atoms with Gasteiger partial charge >= 0.3 is 5.97 Å². The third kappa shape index (κ3) is 4.42. The van der Waals surface area contributed by atoms with Gasteiger partial charge in [-0.1, -0.05) is 13.0 Å². The lowest BCUT2D eigenvalue weighted by atomic mass is 9.91. The SMILES string of the molecule is CCC(=O)N(c1cc(C2=CC(O)CCC2)sc1C(=O)O)C1CCC(O)CC1. The Morgan fingerprint density at radius 1 is 1.19 bits per heavy atom. The molecule has 0 aliphatic heterocycles. The van der Waals surface area contributed by atoms with Gasteiger partial charge in [-0.05, 0) is 56.6 Å². The Hall–Kier alpha value is -1.70. The molecule has 0 saturated heterocycles. The first-order chi connectivity index (χ1) is 12.9. The predicted molar refractivity (Wildman–Crippen MR) is 105 cm³/mol. The van der Waals surface area contributed by atoms with E-state index in [1.807, 2.05) is 0 Å². The summed E-state index contributed by atoms with van der Waals surface area (Å²) in [4.78, 5) is 27.2. The molecule has 1 aromatic heterocycles. The monoisotopic (exact) mass is 393 g/mol. The molecule has 1 heterocycles. The van der Waals surface area contributed by atoms with Crippen molar-refractivity contribution in [2.75, 3.05) is 4.90 Å². The molecule has 1 unspecified atom stereocenters. The fourth-order valence-corrected chi connectivity index (χ4v) is 5.04. The molecule has 7 heteroatoms. The fourth-order valence-electron chi connectivity index (χ4n) is 4.00. The van der Waals surface area contributed by atoms with Crippen molar-refractivity contribution in [3.8, 4) is 0 Å². The summed E-state index contributed by atoms with van der Waals surface area (Å²) in [6.45, 7) is 1.78. The second-order valence-electron chi connectivity index (χ2n) is 7.36. The zero-order valence-corrected chi connectivity index (χ0v) is 16.4. The molecular formula is C20H27NO5S. The lowest BCUT2D eigenvalue weighted by molar-refractivity contribution is -0.119. The van der Waals surface area contributed by atoms with Gasteiger partial charge in [-0.25, -0.2) is 4.79 Å². The minimum atomic E-state index is -1.04. The summed E-state index contributed by atoms with van der Waals surface area (Å²) < 4.78 is 0. The average Bonchev–Trinajstić information content (AvgIpc) is 3.08. The molecule has 27 heavy (non-hydrogen) atoms. The van der Waals surface area contributed by atoms with Crippen LogP contribution in [0.25, 0.3) is 5.57 Å². The van der Waals surface area contributed by atoms with Gasteiger partial charge in [-0.3, -0.25) is 4.79 Å². The van der Waals surface area contributed by atoms with E-state index in [2.05, 4.69) is 0 Å². The maximum Gasteiger partial charge on any atom is 0.348 e. The highest BCUT2D eigenvalue weighted by molar-refractivity contribution is 7.15. The van der Waals surface area contributed by atoms with E-state index in [1.165, 1.54) is 11.3 Å². The molecule has 6 nitrogen and oxygen atoms in total. The van der Waals surface area contributed by atoms with Gasteiger partial charge < -0.3 is 20.2 Å². The Kier molecular flexibility index (Phi) is 6.34. The Bertz CT molecular complexity index is 733. The van der Waals surface area contributed by atoms with E-state index in [0.29, 0.717) is 37.8 Å². The van der Waals surface area contributed by atoms with Gasteiger partial charge in [0.15, 0.2) is 0 Å². The summed E-state index contributed by atoms with van der Waals surface area (Å²) in [6, 6.07) is 1.71. The molecule has 2 aliphatic rings. The Balaban J connectivity index is 2.00. The van der Waals surface area contributed by atoms with Crippen molar-refractivity contribution in [1.82, 2.24) is 0 Å². The van der Waals surface area contributed by atoms with E-state index in [4.69, 9.17) is 0 Å². The minimum absolute atomic E-state index is 0.0904. The van der Waals surface area contributed by atoms with Crippen LogP contribution in [0.15, 0.2) is 12.1 Å². The first-order valence-electron chi connectivity index (χ1n) is 9.67. The van der Waals surface area contributed by atoms with Crippen LogP contribution in [0.2, 0.25) is 0 Å². The van der Waals surface area contributed by atoms with Gasteiger partial charge in [0.05, 0.1) is 17.9 Å². The van der Waals surface area contributed by atoms with E-state index in [1.54, 1.807) is 24.0 Å². The number of carboxylic acid groups (broad SMARTS) is 1. The number of hydrogen-bond acceptors (Lipinski definition) is 5. The lowest BCUT2D eigenvalue weighted by Gasteiger charge is -2.35. The molecule has 0 spiro atoms. The highest BCUT2D eigenvalue weighted by Crippen LogP contribution is 2.40. The molecule has 3 rings (SSSR count). The molecular weight excluding hydrogens is 366 g/mol. The summed E-state index contributed by atoms with van der Waals surface area (Å²) in [7, 11) is 0. The normalized spacial score (nSPS) is 25.7. The summed E-state index contributed by atoms with van der Waals surface area (Å²) in [5.74, 6) is -1.14. The molecule has 3 N–H and O–H groups in total. The van der Waals surface area contributed by atoms with E-state index >= 15 is 0 Å². The summed E-state index contributed by atoms with van der Waals surface area (Å²) in [5, 5.41) is 29.4. The number of thiophene rings is 1. The predicted octanol–water partition coefficient (Wildman–Crippen LogP) is 3.42. The molecule has 1 atom stereocenters. The van der Waals surface area contributed by atoms with Crippen LogP contribution in [-0.2, 0) is 4.79 Å². The molecule has 0 aromatic carbocycles. The van der Waals surface area contributed by atoms with Crippen LogP contribution in [0.4, 0.5) is 5.69 Å².